The van der Waals surface area contributed by atoms with Crippen molar-refractivity contribution in [3.63, 3.8) is 0 Å². The van der Waals surface area contributed by atoms with Gasteiger partial charge >= 0.3 is 6.18 Å². The third kappa shape index (κ3) is 5.09. The molecule has 30 heavy (non-hydrogen) atoms. The average molecular weight is 418 g/mol. The van der Waals surface area contributed by atoms with Crippen LogP contribution in [0.5, 0.6) is 0 Å². The van der Waals surface area contributed by atoms with Gasteiger partial charge in [-0.25, -0.2) is 9.97 Å². The van der Waals surface area contributed by atoms with Gasteiger partial charge in [-0.3, -0.25) is 4.79 Å². The molecular weight excluding hydrogens is 393 g/mol. The van der Waals surface area contributed by atoms with Crippen LogP contribution in [0, 0.1) is 5.92 Å². The molecule has 0 saturated heterocycles. The first-order valence-electron chi connectivity index (χ1n) is 10.5. The number of nitrogens with one attached hydrogen (secondary N) is 2. The molecule has 2 fully saturated rings. The smallest absolute Gasteiger partial charge is 0.352 e. The lowest BCUT2D eigenvalue weighted by Gasteiger charge is -2.22. The lowest BCUT2D eigenvalue weighted by Crippen LogP contribution is -2.32. The highest BCUT2D eigenvalue weighted by atomic mass is 19.4. The molecule has 2 aliphatic carbocycles. The minimum Gasteiger partial charge on any atom is -0.352 e. The highest BCUT2D eigenvalue weighted by molar-refractivity contribution is 5.95. The lowest BCUT2D eigenvalue weighted by molar-refractivity contribution is -0.141. The molecule has 0 radical (unpaired) electrons. The van der Waals surface area contributed by atoms with Crippen LogP contribution in [-0.2, 0) is 6.18 Å². The van der Waals surface area contributed by atoms with Gasteiger partial charge in [-0.15, -0.1) is 0 Å². The minimum absolute atomic E-state index is 0.181. The number of halogens is 3. The molecule has 0 unspecified atom stereocenters. The fraction of sp³-hybridized carbons (Fsp3) is 0.500. The van der Waals surface area contributed by atoms with Crippen LogP contribution in [0.25, 0.3) is 0 Å². The van der Waals surface area contributed by atoms with Crippen molar-refractivity contribution >= 4 is 17.5 Å². The molecular formula is C22H25F3N4O. The van der Waals surface area contributed by atoms with Crippen LogP contribution in [-0.4, -0.2) is 22.4 Å². The molecule has 2 N–H and O–H groups in total. The van der Waals surface area contributed by atoms with Crippen molar-refractivity contribution in [2.45, 2.75) is 57.0 Å². The molecule has 4 rings (SSSR count). The number of anilines is 2. The van der Waals surface area contributed by atoms with Gasteiger partial charge in [0.25, 0.3) is 5.91 Å². The lowest BCUT2D eigenvalue weighted by atomic mass is 9.89. The van der Waals surface area contributed by atoms with E-state index in [-0.39, 0.29) is 5.95 Å². The second-order valence-corrected chi connectivity index (χ2v) is 8.19. The van der Waals surface area contributed by atoms with Crippen molar-refractivity contribution in [2.24, 2.45) is 5.92 Å². The van der Waals surface area contributed by atoms with Crippen LogP contribution in [0.1, 0.15) is 72.5 Å². The molecule has 1 heterocycles. The average Bonchev–Trinajstić information content (AvgIpc) is 3.58. The Morgan fingerprint density at radius 2 is 1.87 bits per heavy atom. The first kappa shape index (κ1) is 20.6. The molecule has 0 aliphatic heterocycles. The number of carbonyl (C=O) groups is 1. The fourth-order valence-corrected chi connectivity index (χ4v) is 3.96. The number of alkyl halides is 3. The number of rotatable bonds is 6. The summed E-state index contributed by atoms with van der Waals surface area (Å²) in [4.78, 5) is 20.0. The maximum atomic E-state index is 13.6. The summed E-state index contributed by atoms with van der Waals surface area (Å²) in [6, 6.07) is 7.52. The van der Waals surface area contributed by atoms with Gasteiger partial charge in [0.2, 0.25) is 5.95 Å². The van der Waals surface area contributed by atoms with Crippen LogP contribution >= 0.6 is 0 Å². The summed E-state index contributed by atoms with van der Waals surface area (Å²) < 4.78 is 40.8. The topological polar surface area (TPSA) is 66.9 Å². The fourth-order valence-electron chi connectivity index (χ4n) is 3.96. The second kappa shape index (κ2) is 8.62. The van der Waals surface area contributed by atoms with Crippen molar-refractivity contribution in [1.82, 2.24) is 15.3 Å². The van der Waals surface area contributed by atoms with E-state index in [2.05, 4.69) is 20.6 Å². The molecule has 0 spiro atoms. The predicted octanol–water partition coefficient (Wildman–Crippen LogP) is 5.43. The largest absolute Gasteiger partial charge is 0.434 e. The molecule has 0 bridgehead atoms. The number of aromatic nitrogens is 2. The molecule has 2 aliphatic rings. The quantitative estimate of drug-likeness (QED) is 0.657. The molecule has 2 saturated carbocycles. The van der Waals surface area contributed by atoms with E-state index >= 15 is 0 Å². The third-order valence-corrected chi connectivity index (χ3v) is 5.77. The number of nitrogens with zero attached hydrogens (tertiary/aromatic N) is 2. The van der Waals surface area contributed by atoms with Gasteiger partial charge in [0.1, 0.15) is 0 Å². The van der Waals surface area contributed by atoms with Gasteiger partial charge in [-0.05, 0) is 55.2 Å². The van der Waals surface area contributed by atoms with Crippen molar-refractivity contribution in [3.05, 3.63) is 47.3 Å². The number of carbonyl (C=O) groups excluding carboxylic acids is 1. The maximum absolute atomic E-state index is 13.6. The molecule has 1 aromatic heterocycles. The van der Waals surface area contributed by atoms with Crippen LogP contribution in [0.15, 0.2) is 30.5 Å². The van der Waals surface area contributed by atoms with E-state index in [9.17, 15) is 18.0 Å². The SMILES string of the molecule is O=C(NCC1CCCCC1)c1cnc(Nc2cccc(C3CC3)c2)nc1C(F)(F)F. The Labute approximate surface area is 173 Å². The first-order chi connectivity index (χ1) is 14.4. The number of benzene rings is 1. The molecule has 1 amide bonds. The van der Waals surface area contributed by atoms with Gasteiger partial charge < -0.3 is 10.6 Å². The normalized spacial score (nSPS) is 17.6. The van der Waals surface area contributed by atoms with Gasteiger partial charge in [0.05, 0.1) is 5.56 Å². The Hall–Kier alpha value is -2.64. The van der Waals surface area contributed by atoms with Gasteiger partial charge in [-0.2, -0.15) is 13.2 Å². The summed E-state index contributed by atoms with van der Waals surface area (Å²) in [6.45, 7) is 0.379. The third-order valence-electron chi connectivity index (χ3n) is 5.77. The van der Waals surface area contributed by atoms with E-state index in [1.54, 1.807) is 6.07 Å². The van der Waals surface area contributed by atoms with Crippen molar-refractivity contribution in [2.75, 3.05) is 11.9 Å². The predicted molar refractivity (Wildman–Crippen MR) is 108 cm³/mol. The zero-order valence-corrected chi connectivity index (χ0v) is 16.6. The molecule has 160 valence electrons. The van der Waals surface area contributed by atoms with Crippen LogP contribution < -0.4 is 10.6 Å². The summed E-state index contributed by atoms with van der Waals surface area (Å²) in [5.74, 6) is -0.124. The number of amides is 1. The molecule has 5 nitrogen and oxygen atoms in total. The van der Waals surface area contributed by atoms with Crippen LogP contribution in [0.2, 0.25) is 0 Å². The summed E-state index contributed by atoms with van der Waals surface area (Å²) in [5.41, 5.74) is 0.00635. The number of hydrogen-bond acceptors (Lipinski definition) is 4. The highest BCUT2D eigenvalue weighted by Gasteiger charge is 2.38. The van der Waals surface area contributed by atoms with Gasteiger partial charge in [-0.1, -0.05) is 31.4 Å². The van der Waals surface area contributed by atoms with E-state index in [1.165, 1.54) is 6.42 Å². The van der Waals surface area contributed by atoms with Crippen molar-refractivity contribution < 1.29 is 18.0 Å². The highest BCUT2D eigenvalue weighted by Crippen LogP contribution is 2.41. The van der Waals surface area contributed by atoms with Crippen molar-refractivity contribution in [3.8, 4) is 0 Å². The monoisotopic (exact) mass is 418 g/mol. The Kier molecular flexibility index (Phi) is 5.92. The van der Waals surface area contributed by atoms with Crippen LogP contribution in [0.3, 0.4) is 0 Å². The summed E-state index contributed by atoms with van der Waals surface area (Å²) in [7, 11) is 0. The Balaban J connectivity index is 1.50. The molecule has 1 aromatic carbocycles. The van der Waals surface area contributed by atoms with E-state index in [1.807, 2.05) is 18.2 Å². The summed E-state index contributed by atoms with van der Waals surface area (Å²) in [5, 5.41) is 5.47. The van der Waals surface area contributed by atoms with Gasteiger partial charge in [0, 0.05) is 18.4 Å². The summed E-state index contributed by atoms with van der Waals surface area (Å²) >= 11 is 0. The van der Waals surface area contributed by atoms with E-state index in [0.29, 0.717) is 24.1 Å². The van der Waals surface area contributed by atoms with E-state index in [0.717, 1.165) is 50.3 Å². The standard InChI is InChI=1S/C22H25F3N4O/c23-22(24,25)19-18(20(30)26-12-14-5-2-1-3-6-14)13-27-21(29-19)28-17-8-4-7-16(11-17)15-9-10-15/h4,7-8,11,13-15H,1-3,5-6,9-10,12H2,(H,26,30)(H,27,28,29). The molecule has 2 aromatic rings. The Morgan fingerprint density at radius 3 is 2.57 bits per heavy atom. The Bertz CT molecular complexity index is 905. The summed E-state index contributed by atoms with van der Waals surface area (Å²) in [6.07, 6.45) is 3.81. The molecule has 8 heteroatoms. The maximum Gasteiger partial charge on any atom is 0.434 e. The van der Waals surface area contributed by atoms with Gasteiger partial charge in [0.15, 0.2) is 5.69 Å². The van der Waals surface area contributed by atoms with Crippen LogP contribution in [0.4, 0.5) is 24.8 Å². The zero-order chi connectivity index (χ0) is 21.1. The molecule has 0 atom stereocenters. The van der Waals surface area contributed by atoms with Crippen molar-refractivity contribution in [1.29, 1.82) is 0 Å². The number of hydrogen-bond donors (Lipinski definition) is 2. The first-order valence-corrected chi connectivity index (χ1v) is 10.5. The Morgan fingerprint density at radius 1 is 1.10 bits per heavy atom. The second-order valence-electron chi connectivity index (χ2n) is 8.19. The van der Waals surface area contributed by atoms with E-state index < -0.39 is 23.3 Å². The minimum atomic E-state index is -4.76. The van der Waals surface area contributed by atoms with E-state index in [4.69, 9.17) is 0 Å². The zero-order valence-electron chi connectivity index (χ0n) is 16.6.